The van der Waals surface area contributed by atoms with E-state index in [4.69, 9.17) is 9.47 Å². The number of para-hydroxylation sites is 2. The lowest BCUT2D eigenvalue weighted by Gasteiger charge is -2.31. The van der Waals surface area contributed by atoms with E-state index in [0.717, 1.165) is 37.4 Å². The second-order valence-corrected chi connectivity index (χ2v) is 6.33. The maximum atomic E-state index is 12.6. The van der Waals surface area contributed by atoms with Gasteiger partial charge in [-0.2, -0.15) is 0 Å². The number of halogens is 1. The van der Waals surface area contributed by atoms with E-state index in [-0.39, 0.29) is 24.4 Å². The Kier molecular flexibility index (Phi) is 7.18. The molecule has 0 aliphatic carbocycles. The van der Waals surface area contributed by atoms with Crippen molar-refractivity contribution in [1.29, 1.82) is 0 Å². The number of ether oxygens (including phenoxy) is 2. The minimum atomic E-state index is -0.100. The van der Waals surface area contributed by atoms with E-state index < -0.39 is 0 Å². The van der Waals surface area contributed by atoms with Crippen molar-refractivity contribution in [1.82, 2.24) is 10.2 Å². The molecule has 5 nitrogen and oxygen atoms in total. The summed E-state index contributed by atoms with van der Waals surface area (Å²) in [7, 11) is 0. The minimum absolute atomic E-state index is 0. The van der Waals surface area contributed by atoms with Crippen LogP contribution in [0.25, 0.3) is 0 Å². The molecule has 0 radical (unpaired) electrons. The monoisotopic (exact) mass is 354 g/mol. The third-order valence-corrected chi connectivity index (χ3v) is 4.42. The fourth-order valence-corrected chi connectivity index (χ4v) is 3.26. The molecule has 6 heteroatoms. The van der Waals surface area contributed by atoms with Crippen LogP contribution in [0.15, 0.2) is 24.3 Å². The Labute approximate surface area is 150 Å². The average Bonchev–Trinajstić information content (AvgIpc) is 3.07. The Morgan fingerprint density at radius 3 is 2.83 bits per heavy atom. The third kappa shape index (κ3) is 4.77. The van der Waals surface area contributed by atoms with Crippen LogP contribution in [0.5, 0.6) is 11.5 Å². The lowest BCUT2D eigenvalue weighted by atomic mass is 10.1. The topological polar surface area (TPSA) is 50.8 Å². The number of rotatable bonds is 6. The van der Waals surface area contributed by atoms with Gasteiger partial charge < -0.3 is 19.7 Å². The van der Waals surface area contributed by atoms with Gasteiger partial charge in [0.05, 0.1) is 6.54 Å². The normalized spacial score (nSPS) is 21.9. The molecule has 1 N–H and O–H groups in total. The average molecular weight is 355 g/mol. The standard InChI is InChI=1S/C18H26N2O3.ClH/c1-2-10-20(18(21)11-14-6-5-9-19-14)12-15-13-22-16-7-3-4-8-17(16)23-15;/h3-4,7-8,14-15,19H,2,5-6,9-13H2,1H3;1H. The van der Waals surface area contributed by atoms with Gasteiger partial charge in [-0.1, -0.05) is 19.1 Å². The summed E-state index contributed by atoms with van der Waals surface area (Å²) in [4.78, 5) is 14.5. The number of hydrogen-bond acceptors (Lipinski definition) is 4. The van der Waals surface area contributed by atoms with Crippen molar-refractivity contribution in [2.24, 2.45) is 0 Å². The van der Waals surface area contributed by atoms with Crippen LogP contribution in [-0.4, -0.2) is 49.2 Å². The Morgan fingerprint density at radius 1 is 1.33 bits per heavy atom. The molecule has 2 aliphatic rings. The van der Waals surface area contributed by atoms with Gasteiger partial charge in [-0.3, -0.25) is 4.79 Å². The Morgan fingerprint density at radius 2 is 2.12 bits per heavy atom. The Bertz CT molecular complexity index is 535. The maximum Gasteiger partial charge on any atom is 0.224 e. The van der Waals surface area contributed by atoms with Crippen molar-refractivity contribution in [3.8, 4) is 11.5 Å². The quantitative estimate of drug-likeness (QED) is 0.853. The second kappa shape index (κ2) is 9.14. The highest BCUT2D eigenvalue weighted by atomic mass is 35.5. The van der Waals surface area contributed by atoms with E-state index in [0.29, 0.717) is 25.6 Å². The zero-order chi connectivity index (χ0) is 16.1. The number of benzene rings is 1. The molecule has 1 aromatic carbocycles. The second-order valence-electron chi connectivity index (χ2n) is 6.33. The molecule has 1 fully saturated rings. The predicted molar refractivity (Wildman–Crippen MR) is 96.1 cm³/mol. The number of carbonyl (C=O) groups excluding carboxylic acids is 1. The summed E-state index contributed by atoms with van der Waals surface area (Å²) in [5.41, 5.74) is 0. The summed E-state index contributed by atoms with van der Waals surface area (Å²) in [6, 6.07) is 8.03. The Balaban J connectivity index is 0.00000208. The van der Waals surface area contributed by atoms with E-state index in [1.54, 1.807) is 0 Å². The highest BCUT2D eigenvalue weighted by molar-refractivity contribution is 5.85. The molecule has 1 aromatic rings. The maximum absolute atomic E-state index is 12.6. The van der Waals surface area contributed by atoms with Crippen LogP contribution in [-0.2, 0) is 4.79 Å². The first-order valence-corrected chi connectivity index (χ1v) is 8.66. The van der Waals surface area contributed by atoms with Crippen LogP contribution >= 0.6 is 12.4 Å². The smallest absolute Gasteiger partial charge is 0.224 e. The summed E-state index contributed by atoms with van der Waals surface area (Å²) in [5.74, 6) is 1.77. The summed E-state index contributed by atoms with van der Waals surface area (Å²) in [5, 5.41) is 3.40. The zero-order valence-corrected chi connectivity index (χ0v) is 15.0. The molecule has 1 saturated heterocycles. The van der Waals surface area contributed by atoms with Crippen molar-refractivity contribution in [3.05, 3.63) is 24.3 Å². The fourth-order valence-electron chi connectivity index (χ4n) is 3.26. The van der Waals surface area contributed by atoms with Crippen molar-refractivity contribution >= 4 is 18.3 Å². The van der Waals surface area contributed by atoms with Crippen LogP contribution in [0.2, 0.25) is 0 Å². The molecular weight excluding hydrogens is 328 g/mol. The predicted octanol–water partition coefficient (Wildman–Crippen LogP) is 2.63. The van der Waals surface area contributed by atoms with E-state index in [2.05, 4.69) is 12.2 Å². The fraction of sp³-hybridized carbons (Fsp3) is 0.611. The van der Waals surface area contributed by atoms with Gasteiger partial charge in [0, 0.05) is 19.0 Å². The van der Waals surface area contributed by atoms with Gasteiger partial charge in [-0.05, 0) is 37.9 Å². The van der Waals surface area contributed by atoms with E-state index in [9.17, 15) is 4.79 Å². The SMILES string of the molecule is CCCN(CC1COc2ccccc2O1)C(=O)CC1CCCN1.Cl. The molecular formula is C18H27ClN2O3. The van der Waals surface area contributed by atoms with Crippen molar-refractivity contribution in [2.75, 3.05) is 26.2 Å². The van der Waals surface area contributed by atoms with Crippen LogP contribution in [0.3, 0.4) is 0 Å². The van der Waals surface area contributed by atoms with Gasteiger partial charge in [0.1, 0.15) is 6.61 Å². The van der Waals surface area contributed by atoms with Crippen LogP contribution < -0.4 is 14.8 Å². The van der Waals surface area contributed by atoms with Crippen molar-refractivity contribution in [2.45, 2.75) is 44.8 Å². The summed E-state index contributed by atoms with van der Waals surface area (Å²) < 4.78 is 11.7. The van der Waals surface area contributed by atoms with Gasteiger partial charge in [-0.15, -0.1) is 12.4 Å². The third-order valence-electron chi connectivity index (χ3n) is 4.42. The number of hydrogen-bond donors (Lipinski definition) is 1. The van der Waals surface area contributed by atoms with Gasteiger partial charge in [0.2, 0.25) is 5.91 Å². The molecule has 1 amide bonds. The number of amides is 1. The summed E-state index contributed by atoms with van der Waals surface area (Å²) >= 11 is 0. The van der Waals surface area contributed by atoms with Gasteiger partial charge in [-0.25, -0.2) is 0 Å². The molecule has 0 saturated carbocycles. The lowest BCUT2D eigenvalue weighted by Crippen LogP contribution is -2.45. The summed E-state index contributed by atoms with van der Waals surface area (Å²) in [6.07, 6.45) is 3.71. The van der Waals surface area contributed by atoms with Gasteiger partial charge in [0.25, 0.3) is 0 Å². The molecule has 2 atom stereocenters. The van der Waals surface area contributed by atoms with E-state index >= 15 is 0 Å². The molecule has 2 aliphatic heterocycles. The number of fused-ring (bicyclic) bond motifs is 1. The van der Waals surface area contributed by atoms with Crippen LogP contribution in [0, 0.1) is 0 Å². The molecule has 0 bridgehead atoms. The first kappa shape index (κ1) is 18.9. The molecule has 0 spiro atoms. The minimum Gasteiger partial charge on any atom is -0.486 e. The summed E-state index contributed by atoms with van der Waals surface area (Å²) in [6.45, 7) is 4.98. The molecule has 2 unspecified atom stereocenters. The molecule has 0 aromatic heterocycles. The zero-order valence-electron chi connectivity index (χ0n) is 14.2. The molecule has 134 valence electrons. The van der Waals surface area contributed by atoms with Crippen LogP contribution in [0.4, 0.5) is 0 Å². The number of nitrogens with zero attached hydrogens (tertiary/aromatic N) is 1. The van der Waals surface area contributed by atoms with Crippen molar-refractivity contribution in [3.63, 3.8) is 0 Å². The van der Waals surface area contributed by atoms with Gasteiger partial charge in [0.15, 0.2) is 17.6 Å². The first-order valence-electron chi connectivity index (χ1n) is 8.66. The molecule has 24 heavy (non-hydrogen) atoms. The highest BCUT2D eigenvalue weighted by Gasteiger charge is 2.27. The number of carbonyl (C=O) groups is 1. The van der Waals surface area contributed by atoms with Gasteiger partial charge >= 0.3 is 0 Å². The Hall–Kier alpha value is -1.46. The van der Waals surface area contributed by atoms with Crippen LogP contribution in [0.1, 0.15) is 32.6 Å². The highest BCUT2D eigenvalue weighted by Crippen LogP contribution is 2.31. The van der Waals surface area contributed by atoms with E-state index in [1.165, 1.54) is 6.42 Å². The molecule has 3 rings (SSSR count). The lowest BCUT2D eigenvalue weighted by molar-refractivity contribution is -0.133. The van der Waals surface area contributed by atoms with E-state index in [1.807, 2.05) is 29.2 Å². The largest absolute Gasteiger partial charge is 0.486 e. The number of nitrogens with one attached hydrogen (secondary N) is 1. The first-order chi connectivity index (χ1) is 11.3. The van der Waals surface area contributed by atoms with Crippen molar-refractivity contribution < 1.29 is 14.3 Å². The molecule has 2 heterocycles.